The lowest BCUT2D eigenvalue weighted by molar-refractivity contribution is -0.140. The third kappa shape index (κ3) is 8.06. The number of aryl methyl sites for hydroxylation is 2. The summed E-state index contributed by atoms with van der Waals surface area (Å²) in [5.74, 6) is -0.579. The van der Waals surface area contributed by atoms with Crippen molar-refractivity contribution in [2.45, 2.75) is 84.3 Å². The van der Waals surface area contributed by atoms with Gasteiger partial charge in [-0.25, -0.2) is 8.42 Å². The van der Waals surface area contributed by atoms with E-state index in [1.807, 2.05) is 57.2 Å². The van der Waals surface area contributed by atoms with Crippen LogP contribution in [0.15, 0.2) is 48.5 Å². The maximum atomic E-state index is 13.8. The Morgan fingerprint density at radius 1 is 0.946 bits per heavy atom. The number of carbonyl (C=O) groups is 2. The number of nitrogens with zero attached hydrogens (tertiary/aromatic N) is 2. The number of carbonyl (C=O) groups excluding carboxylic acids is 2. The summed E-state index contributed by atoms with van der Waals surface area (Å²) in [5.41, 5.74) is 3.50. The largest absolute Gasteiger partial charge is 0.352 e. The van der Waals surface area contributed by atoms with Gasteiger partial charge >= 0.3 is 0 Å². The molecule has 0 spiro atoms. The molecule has 0 heterocycles. The summed E-state index contributed by atoms with van der Waals surface area (Å²) in [6, 6.07) is 14.4. The van der Waals surface area contributed by atoms with Crippen molar-refractivity contribution in [3.63, 3.8) is 0 Å². The van der Waals surface area contributed by atoms with Crippen LogP contribution < -0.4 is 9.62 Å². The highest BCUT2D eigenvalue weighted by molar-refractivity contribution is 7.92. The molecule has 7 nitrogen and oxygen atoms in total. The van der Waals surface area contributed by atoms with Crippen LogP contribution >= 0.6 is 0 Å². The van der Waals surface area contributed by atoms with E-state index in [0.717, 1.165) is 59.4 Å². The van der Waals surface area contributed by atoms with Gasteiger partial charge in [0.05, 0.1) is 11.9 Å². The molecule has 202 valence electrons. The van der Waals surface area contributed by atoms with Gasteiger partial charge in [0.2, 0.25) is 21.8 Å². The summed E-state index contributed by atoms with van der Waals surface area (Å²) in [6.45, 7) is 5.76. The summed E-state index contributed by atoms with van der Waals surface area (Å²) in [4.78, 5) is 28.8. The Balaban J connectivity index is 1.89. The van der Waals surface area contributed by atoms with E-state index < -0.39 is 22.0 Å². The number of nitrogens with one attached hydrogen (secondary N) is 1. The van der Waals surface area contributed by atoms with E-state index in [-0.39, 0.29) is 25.0 Å². The van der Waals surface area contributed by atoms with Crippen LogP contribution in [0.3, 0.4) is 0 Å². The molecule has 0 bridgehead atoms. The fourth-order valence-corrected chi connectivity index (χ4v) is 5.72. The molecular formula is C29H41N3O4S. The second-order valence-electron chi connectivity index (χ2n) is 10.1. The molecule has 1 N–H and O–H groups in total. The molecule has 1 fully saturated rings. The van der Waals surface area contributed by atoms with Crippen LogP contribution in [0.25, 0.3) is 0 Å². The Morgan fingerprint density at radius 2 is 1.54 bits per heavy atom. The minimum absolute atomic E-state index is 0.122. The third-order valence-corrected chi connectivity index (χ3v) is 8.26. The molecule has 0 aliphatic heterocycles. The molecule has 0 saturated heterocycles. The highest BCUT2D eigenvalue weighted by Crippen LogP contribution is 2.22. The maximum absolute atomic E-state index is 13.8. The van der Waals surface area contributed by atoms with Crippen LogP contribution in [0, 0.1) is 6.92 Å². The first-order chi connectivity index (χ1) is 17.6. The van der Waals surface area contributed by atoms with E-state index in [2.05, 4.69) is 5.32 Å². The minimum Gasteiger partial charge on any atom is -0.352 e. The van der Waals surface area contributed by atoms with Gasteiger partial charge in [-0.05, 0) is 55.9 Å². The van der Waals surface area contributed by atoms with E-state index in [9.17, 15) is 18.0 Å². The van der Waals surface area contributed by atoms with Crippen molar-refractivity contribution in [1.29, 1.82) is 0 Å². The molecule has 0 unspecified atom stereocenters. The number of amides is 2. The smallest absolute Gasteiger partial charge is 0.244 e. The van der Waals surface area contributed by atoms with Gasteiger partial charge in [-0.1, -0.05) is 75.1 Å². The normalized spacial score (nSPS) is 15.1. The maximum Gasteiger partial charge on any atom is 0.244 e. The SMILES string of the molecule is CCc1ccc(N(CC(=O)N(Cc2ccc(C)cc2)[C@@H](CC)C(=O)NC2CCCCC2)S(C)(=O)=O)cc1. The summed E-state index contributed by atoms with van der Waals surface area (Å²) in [6.07, 6.45) is 7.62. The van der Waals surface area contributed by atoms with Crippen molar-refractivity contribution < 1.29 is 18.0 Å². The molecule has 2 aromatic rings. The number of rotatable bonds is 11. The molecule has 2 aromatic carbocycles. The first kappa shape index (κ1) is 28.7. The Morgan fingerprint density at radius 3 is 2.08 bits per heavy atom. The van der Waals surface area contributed by atoms with Gasteiger partial charge in [-0.3, -0.25) is 13.9 Å². The van der Waals surface area contributed by atoms with Crippen molar-refractivity contribution in [2.24, 2.45) is 0 Å². The van der Waals surface area contributed by atoms with Gasteiger partial charge in [0.1, 0.15) is 12.6 Å². The first-order valence-corrected chi connectivity index (χ1v) is 15.2. The predicted octanol–water partition coefficient (Wildman–Crippen LogP) is 4.58. The van der Waals surface area contributed by atoms with E-state index in [1.165, 1.54) is 6.42 Å². The van der Waals surface area contributed by atoms with Crippen molar-refractivity contribution in [2.75, 3.05) is 17.1 Å². The van der Waals surface area contributed by atoms with Gasteiger partial charge in [0.15, 0.2) is 0 Å². The van der Waals surface area contributed by atoms with Crippen LogP contribution in [0.4, 0.5) is 5.69 Å². The number of benzene rings is 2. The summed E-state index contributed by atoms with van der Waals surface area (Å²) in [5, 5.41) is 3.16. The molecule has 37 heavy (non-hydrogen) atoms. The van der Waals surface area contributed by atoms with Crippen molar-refractivity contribution in [1.82, 2.24) is 10.2 Å². The monoisotopic (exact) mass is 527 g/mol. The Bertz CT molecular complexity index is 1140. The number of hydrogen-bond donors (Lipinski definition) is 1. The fraction of sp³-hybridized carbons (Fsp3) is 0.517. The van der Waals surface area contributed by atoms with Gasteiger partial charge in [-0.15, -0.1) is 0 Å². The van der Waals surface area contributed by atoms with Gasteiger partial charge in [0.25, 0.3) is 0 Å². The van der Waals surface area contributed by atoms with Crippen LogP contribution in [-0.4, -0.2) is 50.0 Å². The van der Waals surface area contributed by atoms with E-state index in [4.69, 9.17) is 0 Å². The van der Waals surface area contributed by atoms with E-state index >= 15 is 0 Å². The lowest BCUT2D eigenvalue weighted by Gasteiger charge is -2.34. The molecule has 0 aromatic heterocycles. The lowest BCUT2D eigenvalue weighted by Crippen LogP contribution is -2.53. The highest BCUT2D eigenvalue weighted by Gasteiger charge is 2.32. The van der Waals surface area contributed by atoms with E-state index in [1.54, 1.807) is 17.0 Å². The average Bonchev–Trinajstić information content (AvgIpc) is 2.88. The second kappa shape index (κ2) is 13.1. The molecule has 3 rings (SSSR count). The van der Waals surface area contributed by atoms with Crippen LogP contribution in [0.1, 0.15) is 69.1 Å². The van der Waals surface area contributed by atoms with Gasteiger partial charge in [0, 0.05) is 12.6 Å². The van der Waals surface area contributed by atoms with Crippen molar-refractivity contribution >= 4 is 27.5 Å². The molecule has 1 aliphatic carbocycles. The first-order valence-electron chi connectivity index (χ1n) is 13.3. The summed E-state index contributed by atoms with van der Waals surface area (Å²) >= 11 is 0. The molecule has 0 radical (unpaired) electrons. The number of anilines is 1. The van der Waals surface area contributed by atoms with Crippen LogP contribution in [0.5, 0.6) is 0 Å². The Kier molecular flexibility index (Phi) is 10.1. The lowest BCUT2D eigenvalue weighted by atomic mass is 9.95. The zero-order chi connectivity index (χ0) is 27.0. The van der Waals surface area contributed by atoms with E-state index in [0.29, 0.717) is 12.1 Å². The Labute approximate surface area is 222 Å². The standard InChI is InChI=1S/C29H41N3O4S/c1-5-23-16-18-26(19-17-23)32(37(4,35)36)21-28(33)31(20-24-14-12-22(3)13-15-24)27(6-2)29(34)30-25-10-8-7-9-11-25/h12-19,25,27H,5-11,20-21H2,1-4H3,(H,30,34)/t27-/m0/s1. The van der Waals surface area contributed by atoms with Crippen molar-refractivity contribution in [3.05, 3.63) is 65.2 Å². The molecule has 8 heteroatoms. The van der Waals surface area contributed by atoms with Gasteiger partial charge < -0.3 is 10.2 Å². The molecule has 2 amide bonds. The van der Waals surface area contributed by atoms with Crippen LogP contribution in [-0.2, 0) is 32.6 Å². The van der Waals surface area contributed by atoms with Gasteiger partial charge in [-0.2, -0.15) is 0 Å². The highest BCUT2D eigenvalue weighted by atomic mass is 32.2. The summed E-state index contributed by atoms with van der Waals surface area (Å²) in [7, 11) is -3.73. The quantitative estimate of drug-likeness (QED) is 0.463. The predicted molar refractivity (Wildman–Crippen MR) is 149 cm³/mol. The zero-order valence-electron chi connectivity index (χ0n) is 22.6. The fourth-order valence-electron chi connectivity index (χ4n) is 4.87. The molecule has 1 aliphatic rings. The van der Waals surface area contributed by atoms with Crippen molar-refractivity contribution in [3.8, 4) is 0 Å². The zero-order valence-corrected chi connectivity index (χ0v) is 23.4. The summed E-state index contributed by atoms with van der Waals surface area (Å²) < 4.78 is 26.6. The average molecular weight is 528 g/mol. The topological polar surface area (TPSA) is 86.8 Å². The van der Waals surface area contributed by atoms with Crippen LogP contribution in [0.2, 0.25) is 0 Å². The second-order valence-corrected chi connectivity index (χ2v) is 12.0. The number of hydrogen-bond acceptors (Lipinski definition) is 4. The molecule has 1 atom stereocenters. The molecular weight excluding hydrogens is 486 g/mol. The Hall–Kier alpha value is -2.87. The third-order valence-electron chi connectivity index (χ3n) is 7.12. The molecule has 1 saturated carbocycles. The minimum atomic E-state index is -3.73. The number of sulfonamides is 1.